The number of nitrogens with zero attached hydrogens (tertiary/aromatic N) is 1. The number of hydrogen-bond acceptors (Lipinski definition) is 4. The maximum absolute atomic E-state index is 13.2. The van der Waals surface area contributed by atoms with Crippen LogP contribution in [0.15, 0.2) is 42.5 Å². The smallest absolute Gasteiger partial charge is 0.314 e. The van der Waals surface area contributed by atoms with E-state index in [2.05, 4.69) is 0 Å². The Kier molecular flexibility index (Phi) is 5.88. The minimum atomic E-state index is -1.56. The lowest BCUT2D eigenvalue weighted by atomic mass is 9.72. The molecule has 2 aromatic carbocycles. The molecule has 0 radical (unpaired) electrons. The van der Waals surface area contributed by atoms with E-state index in [0.717, 1.165) is 5.56 Å². The first-order chi connectivity index (χ1) is 13.8. The van der Waals surface area contributed by atoms with Crippen molar-refractivity contribution >= 4 is 11.9 Å². The van der Waals surface area contributed by atoms with Gasteiger partial charge >= 0.3 is 5.97 Å². The Morgan fingerprint density at radius 2 is 1.93 bits per heavy atom. The first kappa shape index (κ1) is 20.8. The summed E-state index contributed by atoms with van der Waals surface area (Å²) >= 11 is 0. The van der Waals surface area contributed by atoms with E-state index >= 15 is 0 Å². The van der Waals surface area contributed by atoms with Crippen molar-refractivity contribution in [1.82, 2.24) is 4.90 Å². The van der Waals surface area contributed by atoms with E-state index in [1.807, 2.05) is 6.92 Å². The van der Waals surface area contributed by atoms with E-state index in [0.29, 0.717) is 16.9 Å². The molecule has 1 fully saturated rings. The van der Waals surface area contributed by atoms with Gasteiger partial charge in [0.15, 0.2) is 0 Å². The van der Waals surface area contributed by atoms with Crippen LogP contribution >= 0.6 is 0 Å². The van der Waals surface area contributed by atoms with Crippen LogP contribution in [0.25, 0.3) is 0 Å². The molecule has 7 heteroatoms. The number of amides is 1. The minimum Gasteiger partial charge on any atom is -0.496 e. The molecule has 1 aliphatic heterocycles. The van der Waals surface area contributed by atoms with Gasteiger partial charge < -0.3 is 19.8 Å². The van der Waals surface area contributed by atoms with Crippen molar-refractivity contribution in [2.45, 2.75) is 25.9 Å². The van der Waals surface area contributed by atoms with Gasteiger partial charge in [-0.25, -0.2) is 4.39 Å². The number of halogens is 1. The molecule has 2 aromatic rings. The maximum atomic E-state index is 13.2. The predicted molar refractivity (Wildman–Crippen MR) is 104 cm³/mol. The number of rotatable bonds is 5. The third-order valence-electron chi connectivity index (χ3n) is 5.57. The average molecular weight is 401 g/mol. The standard InChI is InChI=1S/C22H24FNO5/c1-14-11-16(5-8-18(14)29-2)20(26)24-10-9-19(25)22(13-24,21(27)28)12-15-3-6-17(23)7-4-15/h3-8,11,19,25H,9-10,12-13H2,1-2H3,(H,27,28)/t19-,22+/m0/s1. The van der Waals surface area contributed by atoms with Crippen LogP contribution in [0, 0.1) is 18.2 Å². The Morgan fingerprint density at radius 3 is 2.52 bits per heavy atom. The number of ether oxygens (including phenoxy) is 1. The first-order valence-corrected chi connectivity index (χ1v) is 9.36. The topological polar surface area (TPSA) is 87.1 Å². The van der Waals surface area contributed by atoms with E-state index in [9.17, 15) is 24.2 Å². The molecule has 6 nitrogen and oxygen atoms in total. The van der Waals surface area contributed by atoms with Crippen LogP contribution in [0.2, 0.25) is 0 Å². The van der Waals surface area contributed by atoms with Crippen molar-refractivity contribution in [2.24, 2.45) is 5.41 Å². The van der Waals surface area contributed by atoms with Crippen molar-refractivity contribution in [1.29, 1.82) is 0 Å². The highest BCUT2D eigenvalue weighted by Crippen LogP contribution is 2.35. The largest absolute Gasteiger partial charge is 0.496 e. The summed E-state index contributed by atoms with van der Waals surface area (Å²) in [6.45, 7) is 1.94. The van der Waals surface area contributed by atoms with Gasteiger partial charge in [0, 0.05) is 18.7 Å². The number of carbonyl (C=O) groups excluding carboxylic acids is 1. The second-order valence-electron chi connectivity index (χ2n) is 7.48. The number of benzene rings is 2. The van der Waals surface area contributed by atoms with E-state index in [4.69, 9.17) is 4.74 Å². The van der Waals surface area contributed by atoms with Crippen LogP contribution in [0.4, 0.5) is 4.39 Å². The first-order valence-electron chi connectivity index (χ1n) is 9.36. The normalized spacial score (nSPS) is 21.7. The Labute approximate surface area is 168 Å². The maximum Gasteiger partial charge on any atom is 0.314 e. The summed E-state index contributed by atoms with van der Waals surface area (Å²) in [7, 11) is 1.55. The number of carboxylic acids is 1. The van der Waals surface area contributed by atoms with Crippen LogP contribution in [0.1, 0.15) is 27.9 Å². The summed E-state index contributed by atoms with van der Waals surface area (Å²) in [4.78, 5) is 26.7. The Morgan fingerprint density at radius 1 is 1.24 bits per heavy atom. The zero-order valence-corrected chi connectivity index (χ0v) is 16.4. The number of carboxylic acid groups (broad SMARTS) is 1. The van der Waals surface area contributed by atoms with Gasteiger partial charge in [0.2, 0.25) is 0 Å². The van der Waals surface area contributed by atoms with E-state index in [1.165, 1.54) is 29.2 Å². The van der Waals surface area contributed by atoms with Crippen LogP contribution in [-0.2, 0) is 11.2 Å². The summed E-state index contributed by atoms with van der Waals surface area (Å²) in [6, 6.07) is 10.5. The Balaban J connectivity index is 1.88. The fourth-order valence-electron chi connectivity index (χ4n) is 3.87. The number of aliphatic hydroxyl groups excluding tert-OH is 1. The number of piperidine rings is 1. The number of carbonyl (C=O) groups is 2. The molecule has 0 aromatic heterocycles. The molecule has 1 amide bonds. The van der Waals surface area contributed by atoms with Gasteiger partial charge in [-0.15, -0.1) is 0 Å². The molecular weight excluding hydrogens is 377 g/mol. The molecule has 0 unspecified atom stereocenters. The molecule has 1 saturated heterocycles. The lowest BCUT2D eigenvalue weighted by Crippen LogP contribution is -2.58. The molecule has 0 bridgehead atoms. The van der Waals surface area contributed by atoms with Crippen molar-refractivity contribution in [3.8, 4) is 5.75 Å². The minimum absolute atomic E-state index is 0.00476. The van der Waals surface area contributed by atoms with Gasteiger partial charge in [0.05, 0.1) is 13.2 Å². The van der Waals surface area contributed by atoms with Crippen molar-refractivity contribution in [2.75, 3.05) is 20.2 Å². The second kappa shape index (κ2) is 8.21. The van der Waals surface area contributed by atoms with Crippen LogP contribution < -0.4 is 4.74 Å². The SMILES string of the molecule is COc1ccc(C(=O)N2CC[C@H](O)[C@](Cc3ccc(F)cc3)(C(=O)O)C2)cc1C. The van der Waals surface area contributed by atoms with E-state index in [-0.39, 0.29) is 31.8 Å². The number of methoxy groups -OCH3 is 1. The lowest BCUT2D eigenvalue weighted by Gasteiger charge is -2.43. The third kappa shape index (κ3) is 4.10. The van der Waals surface area contributed by atoms with E-state index in [1.54, 1.807) is 25.3 Å². The highest BCUT2D eigenvalue weighted by atomic mass is 19.1. The van der Waals surface area contributed by atoms with Crippen LogP contribution in [0.3, 0.4) is 0 Å². The summed E-state index contributed by atoms with van der Waals surface area (Å²) < 4.78 is 18.4. The van der Waals surface area contributed by atoms with Gasteiger partial charge in [-0.05, 0) is 61.2 Å². The zero-order valence-electron chi connectivity index (χ0n) is 16.4. The summed E-state index contributed by atoms with van der Waals surface area (Å²) in [6.07, 6.45) is -0.976. The second-order valence-corrected chi connectivity index (χ2v) is 7.48. The molecule has 2 atom stereocenters. The molecule has 29 heavy (non-hydrogen) atoms. The fourth-order valence-corrected chi connectivity index (χ4v) is 3.87. The quantitative estimate of drug-likeness (QED) is 0.804. The molecule has 1 heterocycles. The summed E-state index contributed by atoms with van der Waals surface area (Å²) in [5.41, 5.74) is 0.252. The lowest BCUT2D eigenvalue weighted by molar-refractivity contribution is -0.161. The van der Waals surface area contributed by atoms with Gasteiger partial charge in [-0.3, -0.25) is 9.59 Å². The monoisotopic (exact) mass is 401 g/mol. The molecule has 2 N–H and O–H groups in total. The highest BCUT2D eigenvalue weighted by Gasteiger charge is 2.50. The van der Waals surface area contributed by atoms with Crippen molar-refractivity contribution < 1.29 is 28.9 Å². The highest BCUT2D eigenvalue weighted by molar-refractivity contribution is 5.95. The van der Waals surface area contributed by atoms with Crippen molar-refractivity contribution in [3.05, 3.63) is 65.0 Å². The number of aliphatic carboxylic acids is 1. The molecule has 0 aliphatic carbocycles. The molecule has 3 rings (SSSR count). The fraction of sp³-hybridized carbons (Fsp3) is 0.364. The van der Waals surface area contributed by atoms with Gasteiger partial charge in [-0.2, -0.15) is 0 Å². The molecule has 154 valence electrons. The van der Waals surface area contributed by atoms with Crippen LogP contribution in [-0.4, -0.2) is 53.3 Å². The van der Waals surface area contributed by atoms with Gasteiger partial charge in [0.25, 0.3) is 5.91 Å². The van der Waals surface area contributed by atoms with E-state index < -0.39 is 23.3 Å². The number of aryl methyl sites for hydroxylation is 1. The van der Waals surface area contributed by atoms with Crippen LogP contribution in [0.5, 0.6) is 5.75 Å². The summed E-state index contributed by atoms with van der Waals surface area (Å²) in [5.74, 6) is -1.24. The molecule has 1 aliphatic rings. The Bertz CT molecular complexity index is 914. The number of aliphatic hydroxyl groups is 1. The number of hydrogen-bond donors (Lipinski definition) is 2. The third-order valence-corrected chi connectivity index (χ3v) is 5.57. The molecule has 0 saturated carbocycles. The Hall–Kier alpha value is -2.93. The molecule has 0 spiro atoms. The molecular formula is C22H24FNO5. The van der Waals surface area contributed by atoms with Gasteiger partial charge in [-0.1, -0.05) is 12.1 Å². The van der Waals surface area contributed by atoms with Crippen molar-refractivity contribution in [3.63, 3.8) is 0 Å². The number of likely N-dealkylation sites (tertiary alicyclic amines) is 1. The summed E-state index contributed by atoms with van der Waals surface area (Å²) in [5, 5.41) is 20.5. The van der Waals surface area contributed by atoms with Gasteiger partial charge in [0.1, 0.15) is 17.0 Å². The zero-order chi connectivity index (χ0) is 21.2. The predicted octanol–water partition coefficient (Wildman–Crippen LogP) is 2.66. The average Bonchev–Trinajstić information content (AvgIpc) is 2.70.